The summed E-state index contributed by atoms with van der Waals surface area (Å²) in [5.41, 5.74) is -0.346. The van der Waals surface area contributed by atoms with Gasteiger partial charge in [-0.05, 0) is 24.5 Å². The van der Waals surface area contributed by atoms with E-state index >= 15 is 0 Å². The average molecular weight is 536 g/mol. The van der Waals surface area contributed by atoms with Crippen LogP contribution in [0.5, 0.6) is 0 Å². The van der Waals surface area contributed by atoms with Crippen LogP contribution in [0.4, 0.5) is 0 Å². The molecule has 206 valence electrons. The van der Waals surface area contributed by atoms with E-state index in [-0.39, 0.29) is 42.0 Å². The second-order valence-corrected chi connectivity index (χ2v) is 11.1. The van der Waals surface area contributed by atoms with Gasteiger partial charge in [0.1, 0.15) is 18.0 Å². The Kier molecular flexibility index (Phi) is 6.74. The van der Waals surface area contributed by atoms with Gasteiger partial charge in [0, 0.05) is 62.1 Å². The van der Waals surface area contributed by atoms with Crippen LogP contribution in [0.3, 0.4) is 0 Å². The molecule has 9 nitrogen and oxygen atoms in total. The Balaban J connectivity index is 1.68. The Bertz CT molecular complexity index is 1340. The van der Waals surface area contributed by atoms with Crippen LogP contribution in [-0.4, -0.2) is 54.5 Å². The van der Waals surface area contributed by atoms with Crippen molar-refractivity contribution in [2.45, 2.75) is 58.8 Å². The molecule has 0 radical (unpaired) electrons. The molecule has 0 bridgehead atoms. The zero-order valence-corrected chi connectivity index (χ0v) is 22.5. The van der Waals surface area contributed by atoms with Crippen molar-refractivity contribution in [2.75, 3.05) is 13.7 Å². The monoisotopic (exact) mass is 535 g/mol. The lowest BCUT2D eigenvalue weighted by atomic mass is 9.53. The van der Waals surface area contributed by atoms with Gasteiger partial charge >= 0.3 is 11.9 Å². The molecular weight excluding hydrogens is 502 g/mol. The third kappa shape index (κ3) is 4.11. The third-order valence-corrected chi connectivity index (χ3v) is 8.82. The lowest BCUT2D eigenvalue weighted by Gasteiger charge is -2.53. The Labute approximate surface area is 226 Å². The second-order valence-electron chi connectivity index (χ2n) is 11.1. The van der Waals surface area contributed by atoms with Crippen molar-refractivity contribution in [3.8, 4) is 0 Å². The van der Waals surface area contributed by atoms with E-state index in [1.54, 1.807) is 13.8 Å². The Hall–Kier alpha value is -3.72. The first kappa shape index (κ1) is 26.9. The van der Waals surface area contributed by atoms with E-state index in [1.807, 2.05) is 30.3 Å². The zero-order valence-electron chi connectivity index (χ0n) is 22.5. The summed E-state index contributed by atoms with van der Waals surface area (Å²) in [6.07, 6.45) is 0.542. The number of aliphatic hydroxyl groups is 1. The first-order valence-electron chi connectivity index (χ1n) is 13.1. The number of ketones is 2. The normalized spacial score (nSPS) is 33.0. The summed E-state index contributed by atoms with van der Waals surface area (Å²) in [5, 5.41) is 14.6. The fraction of sp³-hybridized carbons (Fsp3) is 0.467. The molecule has 1 aliphatic heterocycles. The van der Waals surface area contributed by atoms with Crippen molar-refractivity contribution in [1.29, 1.82) is 0 Å². The van der Waals surface area contributed by atoms with Gasteiger partial charge in [-0.2, -0.15) is 0 Å². The van der Waals surface area contributed by atoms with E-state index in [1.165, 1.54) is 20.2 Å². The van der Waals surface area contributed by atoms with Crippen LogP contribution in [0.15, 0.2) is 64.6 Å². The maximum atomic E-state index is 13.9. The molecule has 2 fully saturated rings. The van der Waals surface area contributed by atoms with Crippen LogP contribution in [0, 0.1) is 16.7 Å². The van der Waals surface area contributed by atoms with Crippen LogP contribution in [0.2, 0.25) is 0 Å². The first-order valence-corrected chi connectivity index (χ1v) is 13.1. The van der Waals surface area contributed by atoms with Gasteiger partial charge in [-0.1, -0.05) is 37.3 Å². The molecule has 0 spiro atoms. The molecule has 3 unspecified atom stereocenters. The molecule has 1 aromatic carbocycles. The van der Waals surface area contributed by atoms with Gasteiger partial charge in [-0.3, -0.25) is 14.4 Å². The number of allylic oxidation sites excluding steroid dienone is 1. The van der Waals surface area contributed by atoms with E-state index in [0.29, 0.717) is 18.5 Å². The Morgan fingerprint density at radius 1 is 1.21 bits per heavy atom. The number of hydrogen-bond acceptors (Lipinski definition) is 9. The quantitative estimate of drug-likeness (QED) is 0.417. The summed E-state index contributed by atoms with van der Waals surface area (Å²) in [6, 6.07) is 9.54. The topological polar surface area (TPSA) is 128 Å². The first-order chi connectivity index (χ1) is 18.5. The number of benzene rings is 1. The Morgan fingerprint density at radius 2 is 1.92 bits per heavy atom. The number of esters is 2. The molecule has 0 aromatic heterocycles. The molecule has 1 aromatic rings. The number of ether oxygens (including phenoxy) is 3. The summed E-state index contributed by atoms with van der Waals surface area (Å²) in [7, 11) is 1.47. The molecule has 2 N–H and O–H groups in total. The highest BCUT2D eigenvalue weighted by atomic mass is 16.6. The predicted octanol–water partition coefficient (Wildman–Crippen LogP) is 3.25. The second kappa shape index (κ2) is 9.79. The van der Waals surface area contributed by atoms with Crippen molar-refractivity contribution >= 4 is 23.5 Å². The number of rotatable bonds is 6. The minimum absolute atomic E-state index is 0.00219. The number of nitrogens with one attached hydrogen (secondary N) is 1. The molecule has 4 aliphatic rings. The fourth-order valence-corrected chi connectivity index (χ4v) is 6.96. The standard InChI is InChI=1S/C30H33NO8/c1-16(32)38-20-12-29(2)19(10-11-21(29)33)23-25(20)30(3)22(15-37-4)39-28(36)18(24(30)27(35)26(23)34)14-31-13-17-8-6-5-7-9-17/h5-9,14,19-20,22,31,35H,10-13,15H2,1-4H3/b18-14-/t19?,20?,22?,29-,30-/m0/s1. The summed E-state index contributed by atoms with van der Waals surface area (Å²) in [5.74, 6) is -2.95. The SMILES string of the molecule is COCC1OC(=O)/C(=C\NCc2ccccc2)C2=C(O)C(=O)C3=C(C(OC(C)=O)C[C@]4(C)C(=O)CCC34)[C@]21C. The van der Waals surface area contributed by atoms with E-state index in [0.717, 1.165) is 5.56 Å². The predicted molar refractivity (Wildman–Crippen MR) is 139 cm³/mol. The fourth-order valence-electron chi connectivity index (χ4n) is 6.96. The van der Waals surface area contributed by atoms with Gasteiger partial charge in [0.2, 0.25) is 5.78 Å². The molecule has 5 atom stereocenters. The third-order valence-electron chi connectivity index (χ3n) is 8.82. The lowest BCUT2D eigenvalue weighted by molar-refractivity contribution is -0.160. The number of methoxy groups -OCH3 is 1. The van der Waals surface area contributed by atoms with E-state index in [9.17, 15) is 24.3 Å². The van der Waals surface area contributed by atoms with Gasteiger partial charge < -0.3 is 24.6 Å². The van der Waals surface area contributed by atoms with Crippen LogP contribution in [-0.2, 0) is 39.9 Å². The number of hydrogen-bond donors (Lipinski definition) is 2. The van der Waals surface area contributed by atoms with Crippen molar-refractivity contribution in [3.63, 3.8) is 0 Å². The van der Waals surface area contributed by atoms with Crippen LogP contribution >= 0.6 is 0 Å². The van der Waals surface area contributed by atoms with Crippen LogP contribution in [0.25, 0.3) is 0 Å². The van der Waals surface area contributed by atoms with Gasteiger partial charge in [-0.15, -0.1) is 0 Å². The number of Topliss-reactive ketones (excluding diaryl/α,β-unsaturated/α-hetero) is 2. The lowest BCUT2D eigenvalue weighted by Crippen LogP contribution is -2.57. The number of fused-ring (bicyclic) bond motifs is 4. The largest absolute Gasteiger partial charge is 0.504 e. The van der Waals surface area contributed by atoms with Crippen molar-refractivity contribution in [1.82, 2.24) is 5.32 Å². The molecule has 1 saturated heterocycles. The number of cyclic esters (lactones) is 1. The molecular formula is C30H33NO8. The van der Waals surface area contributed by atoms with E-state index in [2.05, 4.69) is 5.32 Å². The Morgan fingerprint density at radius 3 is 2.59 bits per heavy atom. The summed E-state index contributed by atoms with van der Waals surface area (Å²) < 4.78 is 17.1. The molecule has 0 amide bonds. The van der Waals surface area contributed by atoms with Crippen molar-refractivity contribution in [3.05, 3.63) is 70.1 Å². The molecule has 39 heavy (non-hydrogen) atoms. The van der Waals surface area contributed by atoms with Gasteiger partial charge in [-0.25, -0.2) is 4.79 Å². The maximum absolute atomic E-state index is 13.9. The maximum Gasteiger partial charge on any atom is 0.340 e. The molecule has 9 heteroatoms. The average Bonchev–Trinajstić information content (AvgIpc) is 3.18. The number of carbonyl (C=O) groups is 4. The van der Waals surface area contributed by atoms with Gasteiger partial charge in [0.25, 0.3) is 0 Å². The smallest absolute Gasteiger partial charge is 0.340 e. The summed E-state index contributed by atoms with van der Waals surface area (Å²) in [6.45, 7) is 5.22. The van der Waals surface area contributed by atoms with Crippen molar-refractivity contribution < 1.29 is 38.5 Å². The molecule has 1 saturated carbocycles. The van der Waals surface area contributed by atoms with Gasteiger partial charge in [0.05, 0.1) is 17.6 Å². The van der Waals surface area contributed by atoms with Crippen LogP contribution < -0.4 is 5.32 Å². The van der Waals surface area contributed by atoms with Gasteiger partial charge in [0.15, 0.2) is 5.76 Å². The summed E-state index contributed by atoms with van der Waals surface area (Å²) >= 11 is 0. The summed E-state index contributed by atoms with van der Waals surface area (Å²) in [4.78, 5) is 52.5. The highest BCUT2D eigenvalue weighted by Gasteiger charge is 2.64. The molecule has 1 heterocycles. The highest BCUT2D eigenvalue weighted by Crippen LogP contribution is 2.62. The minimum atomic E-state index is -1.26. The molecule has 3 aliphatic carbocycles. The highest BCUT2D eigenvalue weighted by molar-refractivity contribution is 6.14. The number of aliphatic hydroxyl groups excluding tert-OH is 1. The van der Waals surface area contributed by atoms with E-state index < -0.39 is 52.4 Å². The molecule has 5 rings (SSSR count). The van der Waals surface area contributed by atoms with E-state index in [4.69, 9.17) is 14.2 Å². The zero-order chi connectivity index (χ0) is 28.1. The van der Waals surface area contributed by atoms with Crippen LogP contribution in [0.1, 0.15) is 45.6 Å². The van der Waals surface area contributed by atoms with Crippen molar-refractivity contribution in [2.24, 2.45) is 16.7 Å². The minimum Gasteiger partial charge on any atom is -0.504 e. The number of carbonyl (C=O) groups excluding carboxylic acids is 4.